The first-order valence-electron chi connectivity index (χ1n) is 8.08. The summed E-state index contributed by atoms with van der Waals surface area (Å²) in [6, 6.07) is 5.07. The van der Waals surface area contributed by atoms with Gasteiger partial charge in [0.05, 0.1) is 6.10 Å². The van der Waals surface area contributed by atoms with E-state index in [0.29, 0.717) is 33.9 Å². The smallest absolute Gasteiger partial charge is 0.220 e. The second-order valence-corrected chi connectivity index (χ2v) is 7.04. The van der Waals surface area contributed by atoms with Gasteiger partial charge in [0.25, 0.3) is 0 Å². The Morgan fingerprint density at radius 3 is 2.50 bits per heavy atom. The lowest BCUT2D eigenvalue weighted by atomic mass is 9.84. The molecular formula is C17H25Cl3N2O2. The molecule has 1 aromatic carbocycles. The third-order valence-electron chi connectivity index (χ3n) is 4.52. The van der Waals surface area contributed by atoms with Crippen LogP contribution in [-0.2, 0) is 4.79 Å². The SMILES string of the molecule is CC(CC(=O)NCC(O)c1c(Cl)cccc1Cl)C1CCNCC1.Cl. The molecule has 1 saturated heterocycles. The molecule has 0 spiro atoms. The van der Waals surface area contributed by atoms with Crippen LogP contribution >= 0.6 is 35.6 Å². The predicted octanol–water partition coefficient (Wildman–Crippen LogP) is 3.59. The van der Waals surface area contributed by atoms with Crippen LogP contribution in [0, 0.1) is 11.8 Å². The number of carbonyl (C=O) groups is 1. The zero-order chi connectivity index (χ0) is 16.8. The van der Waals surface area contributed by atoms with Crippen molar-refractivity contribution in [1.82, 2.24) is 10.6 Å². The Balaban J connectivity index is 0.00000288. The first-order valence-corrected chi connectivity index (χ1v) is 8.84. The van der Waals surface area contributed by atoms with Crippen LogP contribution in [-0.4, -0.2) is 30.6 Å². The number of carbonyl (C=O) groups excluding carboxylic acids is 1. The molecule has 0 bridgehead atoms. The quantitative estimate of drug-likeness (QED) is 0.690. The van der Waals surface area contributed by atoms with Crippen LogP contribution < -0.4 is 10.6 Å². The van der Waals surface area contributed by atoms with Gasteiger partial charge in [0.2, 0.25) is 5.91 Å². The first kappa shape index (κ1) is 21.5. The number of aliphatic hydroxyl groups excluding tert-OH is 1. The van der Waals surface area contributed by atoms with Crippen LogP contribution in [0.25, 0.3) is 0 Å². The van der Waals surface area contributed by atoms with Gasteiger partial charge in [0.15, 0.2) is 0 Å². The Morgan fingerprint density at radius 2 is 1.92 bits per heavy atom. The molecule has 1 aliphatic heterocycles. The van der Waals surface area contributed by atoms with E-state index < -0.39 is 6.10 Å². The number of nitrogens with one attached hydrogen (secondary N) is 2. The molecule has 4 nitrogen and oxygen atoms in total. The van der Waals surface area contributed by atoms with Crippen LogP contribution in [0.3, 0.4) is 0 Å². The molecule has 1 heterocycles. The third kappa shape index (κ3) is 6.08. The highest BCUT2D eigenvalue weighted by molar-refractivity contribution is 6.36. The van der Waals surface area contributed by atoms with E-state index in [9.17, 15) is 9.90 Å². The highest BCUT2D eigenvalue weighted by Gasteiger charge is 2.22. The third-order valence-corrected chi connectivity index (χ3v) is 5.18. The van der Waals surface area contributed by atoms with E-state index in [0.717, 1.165) is 25.9 Å². The van der Waals surface area contributed by atoms with E-state index in [1.807, 2.05) is 0 Å². The Hall–Kier alpha value is -0.520. The summed E-state index contributed by atoms with van der Waals surface area (Å²) in [7, 11) is 0. The van der Waals surface area contributed by atoms with Crippen molar-refractivity contribution in [1.29, 1.82) is 0 Å². The molecule has 1 aromatic rings. The number of piperidine rings is 1. The highest BCUT2D eigenvalue weighted by Crippen LogP contribution is 2.30. The second kappa shape index (κ2) is 10.5. The largest absolute Gasteiger partial charge is 0.386 e. The molecule has 24 heavy (non-hydrogen) atoms. The van der Waals surface area contributed by atoms with Gasteiger partial charge >= 0.3 is 0 Å². The summed E-state index contributed by atoms with van der Waals surface area (Å²) >= 11 is 12.1. The molecule has 7 heteroatoms. The summed E-state index contributed by atoms with van der Waals surface area (Å²) in [5.74, 6) is 0.890. The fraction of sp³-hybridized carbons (Fsp3) is 0.588. The van der Waals surface area contributed by atoms with E-state index in [4.69, 9.17) is 23.2 Å². The molecule has 3 N–H and O–H groups in total. The molecular weight excluding hydrogens is 371 g/mol. The average Bonchev–Trinajstić information content (AvgIpc) is 2.53. The lowest BCUT2D eigenvalue weighted by Crippen LogP contribution is -2.34. The zero-order valence-electron chi connectivity index (χ0n) is 13.7. The first-order chi connectivity index (χ1) is 11.0. The number of hydrogen-bond acceptors (Lipinski definition) is 3. The van der Waals surface area contributed by atoms with E-state index in [-0.39, 0.29) is 24.9 Å². The molecule has 0 aliphatic carbocycles. The summed E-state index contributed by atoms with van der Waals surface area (Å²) in [6.45, 7) is 4.29. The fourth-order valence-electron chi connectivity index (χ4n) is 3.09. The second-order valence-electron chi connectivity index (χ2n) is 6.22. The van der Waals surface area contributed by atoms with Crippen molar-refractivity contribution in [3.05, 3.63) is 33.8 Å². The topological polar surface area (TPSA) is 61.4 Å². The molecule has 0 aromatic heterocycles. The molecule has 2 atom stereocenters. The number of hydrogen-bond donors (Lipinski definition) is 3. The Kier molecular flexibility index (Phi) is 9.39. The van der Waals surface area contributed by atoms with Gasteiger partial charge < -0.3 is 15.7 Å². The molecule has 0 radical (unpaired) electrons. The maximum absolute atomic E-state index is 12.1. The van der Waals surface area contributed by atoms with Crippen LogP contribution in [0.2, 0.25) is 10.0 Å². The van der Waals surface area contributed by atoms with E-state index >= 15 is 0 Å². The van der Waals surface area contributed by atoms with Crippen molar-refractivity contribution in [2.75, 3.05) is 19.6 Å². The normalized spacial score (nSPS) is 17.7. The minimum absolute atomic E-state index is 0. The summed E-state index contributed by atoms with van der Waals surface area (Å²) in [5.41, 5.74) is 0.461. The van der Waals surface area contributed by atoms with Crippen molar-refractivity contribution < 1.29 is 9.90 Å². The van der Waals surface area contributed by atoms with Gasteiger partial charge in [0, 0.05) is 28.6 Å². The summed E-state index contributed by atoms with van der Waals surface area (Å²) in [6.07, 6.45) is 1.81. The number of amides is 1. The van der Waals surface area contributed by atoms with Crippen molar-refractivity contribution in [2.45, 2.75) is 32.3 Å². The lowest BCUT2D eigenvalue weighted by Gasteiger charge is -2.28. The number of halogens is 3. The molecule has 1 fully saturated rings. The van der Waals surface area contributed by atoms with E-state index in [1.165, 1.54) is 0 Å². The maximum Gasteiger partial charge on any atom is 0.220 e. The van der Waals surface area contributed by atoms with Crippen molar-refractivity contribution in [3.8, 4) is 0 Å². The van der Waals surface area contributed by atoms with Gasteiger partial charge in [0.1, 0.15) is 0 Å². The Bertz CT molecular complexity index is 516. The molecule has 2 rings (SSSR count). The van der Waals surface area contributed by atoms with Gasteiger partial charge in [-0.2, -0.15) is 0 Å². The van der Waals surface area contributed by atoms with Crippen LogP contribution in [0.5, 0.6) is 0 Å². The maximum atomic E-state index is 12.1. The highest BCUT2D eigenvalue weighted by atomic mass is 35.5. The van der Waals surface area contributed by atoms with Crippen LogP contribution in [0.4, 0.5) is 0 Å². The van der Waals surface area contributed by atoms with Crippen molar-refractivity contribution in [3.63, 3.8) is 0 Å². The fourth-order valence-corrected chi connectivity index (χ4v) is 3.74. The van der Waals surface area contributed by atoms with Gasteiger partial charge in [-0.05, 0) is 49.9 Å². The molecule has 2 unspecified atom stereocenters. The summed E-state index contributed by atoms with van der Waals surface area (Å²) < 4.78 is 0. The summed E-state index contributed by atoms with van der Waals surface area (Å²) in [4.78, 5) is 12.1. The van der Waals surface area contributed by atoms with Gasteiger partial charge in [-0.25, -0.2) is 0 Å². The number of rotatable bonds is 6. The summed E-state index contributed by atoms with van der Waals surface area (Å²) in [5, 5.41) is 17.1. The molecule has 1 amide bonds. The Labute approximate surface area is 159 Å². The minimum Gasteiger partial charge on any atom is -0.386 e. The molecule has 136 valence electrons. The van der Waals surface area contributed by atoms with Gasteiger partial charge in [-0.1, -0.05) is 36.2 Å². The van der Waals surface area contributed by atoms with Crippen LogP contribution in [0.15, 0.2) is 18.2 Å². The molecule has 1 aliphatic rings. The lowest BCUT2D eigenvalue weighted by molar-refractivity contribution is -0.122. The van der Waals surface area contributed by atoms with Gasteiger partial charge in [-0.3, -0.25) is 4.79 Å². The van der Waals surface area contributed by atoms with Crippen molar-refractivity contribution >= 4 is 41.5 Å². The predicted molar refractivity (Wildman–Crippen MR) is 101 cm³/mol. The molecule has 0 saturated carbocycles. The standard InChI is InChI=1S/C17H24Cl2N2O2.ClH/c1-11(12-5-7-20-8-6-12)9-16(23)21-10-15(22)17-13(18)3-2-4-14(17)19;/h2-4,11-12,15,20,22H,5-10H2,1H3,(H,21,23);1H. The van der Waals surface area contributed by atoms with Crippen molar-refractivity contribution in [2.24, 2.45) is 11.8 Å². The number of aliphatic hydroxyl groups is 1. The van der Waals surface area contributed by atoms with E-state index in [1.54, 1.807) is 18.2 Å². The number of benzene rings is 1. The minimum atomic E-state index is -0.908. The zero-order valence-corrected chi connectivity index (χ0v) is 16.1. The van der Waals surface area contributed by atoms with Gasteiger partial charge in [-0.15, -0.1) is 12.4 Å². The Morgan fingerprint density at radius 1 is 1.33 bits per heavy atom. The average molecular weight is 396 g/mol. The van der Waals surface area contributed by atoms with E-state index in [2.05, 4.69) is 17.6 Å². The monoisotopic (exact) mass is 394 g/mol. The van der Waals surface area contributed by atoms with Crippen LogP contribution in [0.1, 0.15) is 37.9 Å².